The van der Waals surface area contributed by atoms with Crippen molar-refractivity contribution in [2.24, 2.45) is 0 Å². The highest BCUT2D eigenvalue weighted by Gasteiger charge is 2.19. The van der Waals surface area contributed by atoms with Crippen molar-refractivity contribution in [1.82, 2.24) is 5.06 Å². The summed E-state index contributed by atoms with van der Waals surface area (Å²) in [4.78, 5) is 72.4. The third kappa shape index (κ3) is 23.4. The molecule has 26 heteroatoms. The molecule has 0 aliphatic heterocycles. The number of fused-ring (bicyclic) bond motifs is 5. The zero-order chi connectivity index (χ0) is 71.5. The summed E-state index contributed by atoms with van der Waals surface area (Å²) in [6.45, 7) is 8.10. The molecule has 26 nitrogen and oxygen atoms in total. The fourth-order valence-corrected chi connectivity index (χ4v) is 9.00. The van der Waals surface area contributed by atoms with Gasteiger partial charge in [0.1, 0.15) is 56.7 Å². The molecule has 528 valence electrons. The minimum Gasteiger partial charge on any atom is -0.507 e. The van der Waals surface area contributed by atoms with Crippen LogP contribution in [0.5, 0.6) is 28.7 Å². The van der Waals surface area contributed by atoms with Crippen molar-refractivity contribution in [2.45, 2.75) is 72.1 Å². The highest BCUT2D eigenvalue weighted by atomic mass is 16.7. The second-order valence-electron chi connectivity index (χ2n) is 21.1. The van der Waals surface area contributed by atoms with E-state index in [0.717, 1.165) is 45.9 Å². The molecular formula is C73H81NO25. The summed E-state index contributed by atoms with van der Waals surface area (Å²) in [5.41, 5.74) is 4.63. The number of hydrogen-bond acceptors (Lipinski definition) is 24. The number of esters is 2. The smallest absolute Gasteiger partial charge is 0.338 e. The van der Waals surface area contributed by atoms with Crippen molar-refractivity contribution >= 4 is 90.7 Å². The van der Waals surface area contributed by atoms with Crippen LogP contribution in [-0.2, 0) is 14.3 Å². The molecule has 11 rings (SSSR count). The second-order valence-corrected chi connectivity index (χ2v) is 21.1. The Morgan fingerprint density at radius 3 is 1.13 bits per heavy atom. The molecule has 6 N–H and O–H groups in total. The third-order valence-corrected chi connectivity index (χ3v) is 14.1. The summed E-state index contributed by atoms with van der Waals surface area (Å²) >= 11 is 0. The Morgan fingerprint density at radius 2 is 0.788 bits per heavy atom. The van der Waals surface area contributed by atoms with Crippen LogP contribution in [0, 0.1) is 0 Å². The van der Waals surface area contributed by atoms with E-state index >= 15 is 0 Å². The van der Waals surface area contributed by atoms with E-state index in [1.54, 1.807) is 111 Å². The molecule has 0 atom stereocenters. The normalized spacial score (nSPS) is 10.6. The van der Waals surface area contributed by atoms with Crippen molar-refractivity contribution < 1.29 is 119 Å². The second kappa shape index (κ2) is 41.3. The van der Waals surface area contributed by atoms with Crippen LogP contribution in [0.4, 0.5) is 0 Å². The number of aldehydes is 1. The molecule has 1 amide bonds. The number of aliphatic hydroxyl groups excluding tert-OH is 4. The van der Waals surface area contributed by atoms with Gasteiger partial charge in [0.2, 0.25) is 0 Å². The van der Waals surface area contributed by atoms with Crippen LogP contribution in [0.3, 0.4) is 0 Å². The van der Waals surface area contributed by atoms with E-state index in [9.17, 15) is 33.9 Å². The van der Waals surface area contributed by atoms with Crippen LogP contribution in [0.2, 0.25) is 0 Å². The van der Waals surface area contributed by atoms with Crippen LogP contribution < -0.4 is 18.9 Å². The van der Waals surface area contributed by atoms with Gasteiger partial charge in [0, 0.05) is 44.6 Å². The maximum atomic E-state index is 12.1. The van der Waals surface area contributed by atoms with E-state index in [4.69, 9.17) is 80.9 Å². The monoisotopic (exact) mass is 1370 g/mol. The van der Waals surface area contributed by atoms with Crippen molar-refractivity contribution in [3.8, 4) is 28.7 Å². The van der Waals surface area contributed by atoms with Crippen LogP contribution in [0.25, 0.3) is 54.8 Å². The number of amides is 1. The van der Waals surface area contributed by atoms with Gasteiger partial charge in [-0.05, 0) is 175 Å². The number of carbonyl (C=O) groups excluding carboxylic acids is 5. The third-order valence-electron chi connectivity index (χ3n) is 14.1. The molecule has 6 heterocycles. The highest BCUT2D eigenvalue weighted by molar-refractivity contribution is 6.01. The van der Waals surface area contributed by atoms with Gasteiger partial charge in [-0.3, -0.25) is 19.2 Å². The van der Waals surface area contributed by atoms with Crippen LogP contribution in [0.15, 0.2) is 167 Å². The number of carboxylic acids is 1. The lowest BCUT2D eigenvalue weighted by molar-refractivity contribution is -0.0757. The topological polar surface area (TPSA) is 370 Å². The molecule has 0 radical (unpaired) electrons. The van der Waals surface area contributed by atoms with E-state index < -0.39 is 17.9 Å². The number of hydroxylamine groups is 2. The molecule has 0 fully saturated rings. The van der Waals surface area contributed by atoms with Crippen molar-refractivity contribution in [1.29, 1.82) is 0 Å². The fraction of sp³-hybridized carbons (Fsp3) is 0.315. The summed E-state index contributed by atoms with van der Waals surface area (Å²) in [7, 11) is 2.96. The SMILES string of the molecule is CC(=O)c1cc(OCCCCO)c2ccoc2c1.CCOC(=O)c1cc(O)c2ccoc2c1.CCOC(=O)c1cc(OCCCCO)c2ccoc2c1.CON(C)C(=O)c1cc(OCCCCO)c2ccoc2c1.O=C(O)c1cc(OCCCCO)c2ccoc2c1.O=Cc1ccco1. The van der Waals surface area contributed by atoms with E-state index in [1.807, 2.05) is 6.07 Å². The van der Waals surface area contributed by atoms with E-state index in [-0.39, 0.29) is 55.0 Å². The number of Topliss-reactive ketones (excluding diaryl/α,β-unsaturated/α-hetero) is 1. The zero-order valence-corrected chi connectivity index (χ0v) is 55.5. The Balaban J connectivity index is 0.000000191. The fourth-order valence-electron chi connectivity index (χ4n) is 9.00. The molecule has 0 spiro atoms. The number of aromatic hydroxyl groups is 1. The number of hydrogen-bond donors (Lipinski definition) is 6. The number of furan rings is 6. The first kappa shape index (κ1) is 77.1. The summed E-state index contributed by atoms with van der Waals surface area (Å²) < 4.78 is 63.3. The number of rotatable bonds is 29. The highest BCUT2D eigenvalue weighted by Crippen LogP contribution is 2.34. The van der Waals surface area contributed by atoms with Crippen molar-refractivity contribution in [3.05, 3.63) is 174 Å². The minimum atomic E-state index is -1.02. The number of aliphatic hydroxyl groups is 4. The molecule has 0 bridgehead atoms. The Bertz CT molecular complexity index is 4180. The molecule has 11 aromatic rings. The molecular weight excluding hydrogens is 1290 g/mol. The van der Waals surface area contributed by atoms with Gasteiger partial charge in [0.15, 0.2) is 17.8 Å². The summed E-state index contributed by atoms with van der Waals surface area (Å²) in [6.07, 6.45) is 15.5. The number of nitrogens with zero attached hydrogens (tertiary/aromatic N) is 1. The van der Waals surface area contributed by atoms with Crippen LogP contribution >= 0.6 is 0 Å². The van der Waals surface area contributed by atoms with Gasteiger partial charge in [0.25, 0.3) is 5.91 Å². The summed E-state index contributed by atoms with van der Waals surface area (Å²) in [6, 6.07) is 28.0. The lowest BCUT2D eigenvalue weighted by atomic mass is 10.1. The number of carboxylic acid groups (broad SMARTS) is 1. The number of aromatic carboxylic acids is 1. The number of ketones is 1. The summed E-state index contributed by atoms with van der Waals surface area (Å²) in [5.74, 6) is 0.546. The molecule has 99 heavy (non-hydrogen) atoms. The predicted octanol–water partition coefficient (Wildman–Crippen LogP) is 13.5. The van der Waals surface area contributed by atoms with E-state index in [2.05, 4.69) is 4.42 Å². The molecule has 5 aromatic carbocycles. The number of phenols is 1. The van der Waals surface area contributed by atoms with Crippen LogP contribution in [0.1, 0.15) is 134 Å². The number of unbranched alkanes of at least 4 members (excludes halogenated alkanes) is 4. The lowest BCUT2D eigenvalue weighted by Gasteiger charge is -2.14. The number of ether oxygens (including phenoxy) is 6. The standard InChI is InChI=1S/C15H19NO5.C15H18O5.C14H16O4.C13H14O5.C11H10O4.C5H4O2/c1-16(19-2)15(18)11-9-13(20-7-4-3-6-17)12-5-8-21-14(12)10-11;1-2-18-15(17)11-9-13(19-7-4-3-6-16)12-5-8-20-14(12)10-11;1-10(16)11-8-13(17-6-3-2-5-15)12-4-7-18-14(12)9-11;14-4-1-2-5-17-11-7-9(13(15)16)8-12-10(11)3-6-18-12;1-2-14-11(13)7-5-9(12)8-3-4-15-10(8)6-7;6-4-5-2-1-3-7-5/h5,8-10,17H,3-4,6-7H2,1-2H3;5,8-10,16H,2-4,6-7H2,1H3;4,7-9,15H,2-3,5-6H2,1H3;3,6-8,14H,1-2,4-5H2,(H,15,16);3-6,12H,2H2,1H3;1-4H. The van der Waals surface area contributed by atoms with Gasteiger partial charge >= 0.3 is 17.9 Å². The maximum Gasteiger partial charge on any atom is 0.338 e. The minimum absolute atomic E-state index is 0.0179. The molecule has 0 aliphatic rings. The number of carbonyl (C=O) groups is 6. The molecule has 6 aromatic heterocycles. The Hall–Kier alpha value is -10.9. The average molecular weight is 1370 g/mol. The van der Waals surface area contributed by atoms with E-state index in [1.165, 1.54) is 58.1 Å². The van der Waals surface area contributed by atoms with Crippen molar-refractivity contribution in [3.63, 3.8) is 0 Å². The van der Waals surface area contributed by atoms with Gasteiger partial charge in [-0.15, -0.1) is 0 Å². The Kier molecular flexibility index (Phi) is 32.1. The molecule has 0 saturated carbocycles. The largest absolute Gasteiger partial charge is 0.507 e. The number of phenolic OH excluding ortho intramolecular Hbond substituents is 1. The lowest BCUT2D eigenvalue weighted by Crippen LogP contribution is -2.25. The molecule has 0 saturated heterocycles. The molecule has 0 unspecified atom stereocenters. The Labute approximate surface area is 568 Å². The van der Waals surface area contributed by atoms with Crippen molar-refractivity contribution in [2.75, 3.05) is 80.2 Å². The average Bonchev–Trinajstić information content (AvgIpc) is 1.80. The Morgan fingerprint density at radius 1 is 0.444 bits per heavy atom. The molecule has 0 aliphatic carbocycles. The van der Waals surface area contributed by atoms with E-state index in [0.29, 0.717) is 157 Å². The number of benzene rings is 5. The van der Waals surface area contributed by atoms with Gasteiger partial charge in [-0.2, -0.15) is 0 Å². The predicted molar refractivity (Wildman–Crippen MR) is 362 cm³/mol. The van der Waals surface area contributed by atoms with Gasteiger partial charge in [-0.1, -0.05) is 0 Å². The zero-order valence-electron chi connectivity index (χ0n) is 55.5. The van der Waals surface area contributed by atoms with Gasteiger partial charge < -0.3 is 85.6 Å². The first-order valence-corrected chi connectivity index (χ1v) is 31.6. The maximum absolute atomic E-state index is 12.1. The van der Waals surface area contributed by atoms with Crippen LogP contribution in [-0.4, -0.2) is 152 Å². The van der Waals surface area contributed by atoms with Gasteiger partial charge in [0.05, 0.1) is 128 Å². The summed E-state index contributed by atoms with van der Waals surface area (Å²) in [5, 5.41) is 58.4. The first-order chi connectivity index (χ1) is 48.0. The van der Waals surface area contributed by atoms with Gasteiger partial charge in [-0.25, -0.2) is 19.4 Å². The quantitative estimate of drug-likeness (QED) is 0.00833. The first-order valence-electron chi connectivity index (χ1n) is 31.6.